The van der Waals surface area contributed by atoms with Crippen LogP contribution in [-0.2, 0) is 9.59 Å². The van der Waals surface area contributed by atoms with Crippen LogP contribution in [0.1, 0.15) is 103 Å². The number of primary amides is 1. The fraction of sp³-hybridized carbons (Fsp3) is 0.895. The van der Waals surface area contributed by atoms with Crippen molar-refractivity contribution >= 4 is 12.2 Å². The monoisotopic (exact) mass is 329 g/mol. The van der Waals surface area contributed by atoms with Crippen LogP contribution in [0.5, 0.6) is 0 Å². The number of rotatable bonds is 17. The van der Waals surface area contributed by atoms with E-state index in [9.17, 15) is 9.59 Å². The molecule has 23 heavy (non-hydrogen) atoms. The summed E-state index contributed by atoms with van der Waals surface area (Å²) in [4.78, 5) is 20.7. The molecule has 0 aromatic rings. The van der Waals surface area contributed by atoms with Gasteiger partial charge in [0.05, 0.1) is 0 Å². The average molecular weight is 330 g/mol. The molecule has 0 aliphatic heterocycles. The Balaban J connectivity index is 0. The topological polar surface area (TPSA) is 80.4 Å². The van der Waals surface area contributed by atoms with E-state index in [0.29, 0.717) is 6.42 Å². The summed E-state index contributed by atoms with van der Waals surface area (Å²) >= 11 is 0. The van der Waals surface area contributed by atoms with Gasteiger partial charge >= 0.3 is 0 Å². The van der Waals surface area contributed by atoms with Crippen molar-refractivity contribution < 1.29 is 14.7 Å². The number of unbranched alkanes of at least 4 members (excludes halogenated alkanes) is 14. The molecule has 0 heterocycles. The lowest BCUT2D eigenvalue weighted by Crippen LogP contribution is -2.09. The molecule has 0 aromatic carbocycles. The summed E-state index contributed by atoms with van der Waals surface area (Å²) in [7, 11) is 1.00. The van der Waals surface area contributed by atoms with Gasteiger partial charge in [0.1, 0.15) is 6.29 Å². The molecular formula is C19H39NO3. The Bertz CT molecular complexity index is 245. The number of aldehydes is 1. The molecule has 0 radical (unpaired) electrons. The summed E-state index contributed by atoms with van der Waals surface area (Å²) in [6.07, 6.45) is 20.0. The zero-order chi connectivity index (χ0) is 17.6. The molecular weight excluding hydrogens is 290 g/mol. The summed E-state index contributed by atoms with van der Waals surface area (Å²) in [6, 6.07) is 0. The fourth-order valence-corrected chi connectivity index (χ4v) is 2.65. The molecule has 0 spiro atoms. The second kappa shape index (κ2) is 23.4. The van der Waals surface area contributed by atoms with Gasteiger partial charge in [-0.15, -0.1) is 0 Å². The first-order valence-corrected chi connectivity index (χ1v) is 9.44. The number of aliphatic hydroxyl groups is 1. The first-order chi connectivity index (χ1) is 11.3. The van der Waals surface area contributed by atoms with Crippen molar-refractivity contribution in [1.29, 1.82) is 0 Å². The van der Waals surface area contributed by atoms with Crippen LogP contribution < -0.4 is 5.73 Å². The molecule has 0 saturated heterocycles. The van der Waals surface area contributed by atoms with Crippen LogP contribution in [0.25, 0.3) is 0 Å². The third-order valence-corrected chi connectivity index (χ3v) is 4.00. The number of hydrogen-bond donors (Lipinski definition) is 2. The normalized spacial score (nSPS) is 10.0. The Labute approximate surface area is 143 Å². The van der Waals surface area contributed by atoms with E-state index in [1.54, 1.807) is 0 Å². The summed E-state index contributed by atoms with van der Waals surface area (Å²) in [5, 5.41) is 7.00. The van der Waals surface area contributed by atoms with E-state index in [4.69, 9.17) is 10.8 Å². The molecule has 0 aliphatic carbocycles. The largest absolute Gasteiger partial charge is 0.400 e. The molecule has 0 rings (SSSR count). The standard InChI is InChI=1S/C18H35NO2.CH4O/c19-18(21)16-14-12-10-8-6-4-2-1-3-5-7-9-11-13-15-17-20;1-2/h17H,1-16H2,(H2,19,21);2H,1H3. The minimum absolute atomic E-state index is 0.168. The molecule has 0 aliphatic rings. The third-order valence-electron chi connectivity index (χ3n) is 4.00. The molecule has 0 atom stereocenters. The van der Waals surface area contributed by atoms with E-state index >= 15 is 0 Å². The highest BCUT2D eigenvalue weighted by molar-refractivity contribution is 5.73. The molecule has 0 aromatic heterocycles. The van der Waals surface area contributed by atoms with Crippen LogP contribution in [0.2, 0.25) is 0 Å². The van der Waals surface area contributed by atoms with Gasteiger partial charge in [-0.2, -0.15) is 0 Å². The van der Waals surface area contributed by atoms with E-state index in [-0.39, 0.29) is 5.91 Å². The maximum absolute atomic E-state index is 10.6. The van der Waals surface area contributed by atoms with Crippen molar-refractivity contribution in [3.63, 3.8) is 0 Å². The lowest BCUT2D eigenvalue weighted by atomic mass is 10.0. The smallest absolute Gasteiger partial charge is 0.217 e. The second-order valence-corrected chi connectivity index (χ2v) is 6.12. The van der Waals surface area contributed by atoms with Crippen molar-refractivity contribution in [3.8, 4) is 0 Å². The van der Waals surface area contributed by atoms with Gasteiger partial charge in [-0.05, 0) is 12.8 Å². The maximum atomic E-state index is 10.6. The molecule has 1 amide bonds. The zero-order valence-corrected chi connectivity index (χ0v) is 15.2. The SMILES string of the molecule is CO.NC(=O)CCCCCCCCCCCCCCCCC=O. The van der Waals surface area contributed by atoms with Crippen molar-refractivity contribution in [2.75, 3.05) is 7.11 Å². The highest BCUT2D eigenvalue weighted by atomic mass is 16.2. The Kier molecular flexibility index (Phi) is 24.7. The Hall–Kier alpha value is -0.900. The van der Waals surface area contributed by atoms with Gasteiger partial charge in [0.15, 0.2) is 0 Å². The lowest BCUT2D eigenvalue weighted by molar-refractivity contribution is -0.118. The predicted molar refractivity (Wildman–Crippen MR) is 97.3 cm³/mol. The highest BCUT2D eigenvalue weighted by Gasteiger charge is 1.96. The van der Waals surface area contributed by atoms with Crippen molar-refractivity contribution in [2.45, 2.75) is 103 Å². The van der Waals surface area contributed by atoms with Crippen LogP contribution in [0.4, 0.5) is 0 Å². The van der Waals surface area contributed by atoms with Gasteiger partial charge in [-0.3, -0.25) is 4.79 Å². The number of carbonyl (C=O) groups excluding carboxylic acids is 2. The quantitative estimate of drug-likeness (QED) is 0.304. The minimum atomic E-state index is -0.168. The Morgan fingerprint density at radius 1 is 0.696 bits per heavy atom. The number of nitrogens with two attached hydrogens (primary N) is 1. The van der Waals surface area contributed by atoms with E-state index < -0.39 is 0 Å². The second-order valence-electron chi connectivity index (χ2n) is 6.12. The van der Waals surface area contributed by atoms with Gasteiger partial charge in [-0.25, -0.2) is 0 Å². The molecule has 4 nitrogen and oxygen atoms in total. The van der Waals surface area contributed by atoms with Gasteiger partial charge in [-0.1, -0.05) is 77.0 Å². The summed E-state index contributed by atoms with van der Waals surface area (Å²) in [5.74, 6) is -0.168. The van der Waals surface area contributed by atoms with Crippen LogP contribution in [0, 0.1) is 0 Å². The molecule has 0 saturated carbocycles. The predicted octanol–water partition coefficient (Wildman–Crippen LogP) is 4.52. The summed E-state index contributed by atoms with van der Waals surface area (Å²) in [6.45, 7) is 0. The molecule has 3 N–H and O–H groups in total. The Morgan fingerprint density at radius 2 is 1.00 bits per heavy atom. The minimum Gasteiger partial charge on any atom is -0.400 e. The zero-order valence-electron chi connectivity index (χ0n) is 15.2. The third kappa shape index (κ3) is 26.3. The van der Waals surface area contributed by atoms with E-state index in [2.05, 4.69) is 0 Å². The fourth-order valence-electron chi connectivity index (χ4n) is 2.65. The van der Waals surface area contributed by atoms with Gasteiger partial charge in [0, 0.05) is 20.0 Å². The van der Waals surface area contributed by atoms with E-state index in [1.165, 1.54) is 70.6 Å². The van der Waals surface area contributed by atoms with E-state index in [1.807, 2.05) is 0 Å². The first-order valence-electron chi connectivity index (χ1n) is 9.44. The van der Waals surface area contributed by atoms with Crippen LogP contribution >= 0.6 is 0 Å². The van der Waals surface area contributed by atoms with Crippen LogP contribution in [-0.4, -0.2) is 24.4 Å². The molecule has 138 valence electrons. The molecule has 0 fully saturated rings. The highest BCUT2D eigenvalue weighted by Crippen LogP contribution is 2.13. The van der Waals surface area contributed by atoms with E-state index in [0.717, 1.165) is 39.1 Å². The maximum Gasteiger partial charge on any atom is 0.217 e. The average Bonchev–Trinajstić information content (AvgIpc) is 2.56. The number of amides is 1. The van der Waals surface area contributed by atoms with Crippen molar-refractivity contribution in [1.82, 2.24) is 0 Å². The van der Waals surface area contributed by atoms with Gasteiger partial charge < -0.3 is 15.6 Å². The van der Waals surface area contributed by atoms with Crippen molar-refractivity contribution in [2.24, 2.45) is 5.73 Å². The molecule has 4 heteroatoms. The van der Waals surface area contributed by atoms with Gasteiger partial charge in [0.2, 0.25) is 5.91 Å². The lowest BCUT2D eigenvalue weighted by Gasteiger charge is -2.03. The van der Waals surface area contributed by atoms with Crippen molar-refractivity contribution in [3.05, 3.63) is 0 Å². The number of aliphatic hydroxyl groups excluding tert-OH is 1. The Morgan fingerprint density at radius 3 is 1.30 bits per heavy atom. The first kappa shape index (κ1) is 24.4. The summed E-state index contributed by atoms with van der Waals surface area (Å²) < 4.78 is 0. The molecule has 0 bridgehead atoms. The van der Waals surface area contributed by atoms with Crippen LogP contribution in [0.3, 0.4) is 0 Å². The van der Waals surface area contributed by atoms with Crippen LogP contribution in [0.15, 0.2) is 0 Å². The summed E-state index contributed by atoms with van der Waals surface area (Å²) in [5.41, 5.74) is 5.10. The molecule has 0 unspecified atom stereocenters. The number of hydrogen-bond acceptors (Lipinski definition) is 3. The number of carbonyl (C=O) groups is 2. The van der Waals surface area contributed by atoms with Gasteiger partial charge in [0.25, 0.3) is 0 Å².